The molecule has 98 valence electrons. The molecule has 1 aliphatic carbocycles. The first-order valence-electron chi connectivity index (χ1n) is 6.40. The van der Waals surface area contributed by atoms with Gasteiger partial charge >= 0.3 is 0 Å². The molecular formula is C13H16N6. The van der Waals surface area contributed by atoms with Crippen LogP contribution in [0.3, 0.4) is 0 Å². The number of hydrogen-bond donors (Lipinski definition) is 1. The van der Waals surface area contributed by atoms with Crippen molar-refractivity contribution >= 4 is 0 Å². The van der Waals surface area contributed by atoms with Crippen molar-refractivity contribution in [2.45, 2.75) is 32.4 Å². The van der Waals surface area contributed by atoms with Gasteiger partial charge in [0.25, 0.3) is 0 Å². The van der Waals surface area contributed by atoms with Crippen molar-refractivity contribution in [3.8, 4) is 11.9 Å². The molecule has 1 fully saturated rings. The third kappa shape index (κ3) is 2.13. The summed E-state index contributed by atoms with van der Waals surface area (Å²) in [6.07, 6.45) is 5.95. The molecule has 0 saturated heterocycles. The van der Waals surface area contributed by atoms with Crippen LogP contribution < -0.4 is 5.32 Å². The molecule has 2 aromatic rings. The van der Waals surface area contributed by atoms with E-state index < -0.39 is 0 Å². The minimum Gasteiger partial charge on any atom is -0.310 e. The molecule has 6 nitrogen and oxygen atoms in total. The summed E-state index contributed by atoms with van der Waals surface area (Å²) in [6, 6.07) is 2.75. The second kappa shape index (κ2) is 4.52. The van der Waals surface area contributed by atoms with Gasteiger partial charge in [-0.1, -0.05) is 0 Å². The van der Waals surface area contributed by atoms with E-state index in [9.17, 15) is 0 Å². The van der Waals surface area contributed by atoms with Gasteiger partial charge in [0, 0.05) is 37.6 Å². The monoisotopic (exact) mass is 256 g/mol. The Hall–Kier alpha value is -2.13. The van der Waals surface area contributed by atoms with Gasteiger partial charge < -0.3 is 5.32 Å². The van der Waals surface area contributed by atoms with E-state index in [4.69, 9.17) is 5.26 Å². The Labute approximate surface area is 111 Å². The van der Waals surface area contributed by atoms with Crippen molar-refractivity contribution < 1.29 is 0 Å². The lowest BCUT2D eigenvalue weighted by atomic mass is 10.2. The number of aryl methyl sites for hydroxylation is 2. The first kappa shape index (κ1) is 11.9. The van der Waals surface area contributed by atoms with E-state index in [2.05, 4.69) is 21.5 Å². The minimum atomic E-state index is 0.385. The van der Waals surface area contributed by atoms with Crippen molar-refractivity contribution in [1.82, 2.24) is 24.6 Å². The predicted molar refractivity (Wildman–Crippen MR) is 69.6 cm³/mol. The van der Waals surface area contributed by atoms with E-state index >= 15 is 0 Å². The lowest BCUT2D eigenvalue weighted by Crippen LogP contribution is -2.17. The van der Waals surface area contributed by atoms with Crippen LogP contribution in [0.25, 0.3) is 5.82 Å². The molecule has 0 aliphatic heterocycles. The number of nitriles is 1. The molecule has 19 heavy (non-hydrogen) atoms. The van der Waals surface area contributed by atoms with Gasteiger partial charge in [0.2, 0.25) is 5.82 Å². The van der Waals surface area contributed by atoms with Crippen LogP contribution in [-0.2, 0) is 13.6 Å². The predicted octanol–water partition coefficient (Wildman–Crippen LogP) is 1.04. The fourth-order valence-corrected chi connectivity index (χ4v) is 2.29. The Kier molecular flexibility index (Phi) is 2.84. The van der Waals surface area contributed by atoms with Crippen molar-refractivity contribution in [2.75, 3.05) is 0 Å². The highest BCUT2D eigenvalue weighted by atomic mass is 15.3. The maximum Gasteiger partial charge on any atom is 0.218 e. The second-order valence-corrected chi connectivity index (χ2v) is 4.90. The number of imidazole rings is 1. The van der Waals surface area contributed by atoms with E-state index in [0.29, 0.717) is 11.9 Å². The normalized spacial score (nSPS) is 14.6. The summed E-state index contributed by atoms with van der Waals surface area (Å²) in [5, 5.41) is 17.1. The van der Waals surface area contributed by atoms with Gasteiger partial charge in [-0.15, -0.1) is 0 Å². The largest absolute Gasteiger partial charge is 0.310 e. The summed E-state index contributed by atoms with van der Waals surface area (Å²) in [7, 11) is 1.89. The zero-order valence-corrected chi connectivity index (χ0v) is 11.1. The molecule has 0 radical (unpaired) electrons. The molecular weight excluding hydrogens is 240 g/mol. The van der Waals surface area contributed by atoms with Crippen LogP contribution in [0.15, 0.2) is 12.4 Å². The molecule has 2 heterocycles. The lowest BCUT2D eigenvalue weighted by molar-refractivity contribution is 0.676. The van der Waals surface area contributed by atoms with Gasteiger partial charge in [-0.3, -0.25) is 9.25 Å². The molecule has 1 saturated carbocycles. The van der Waals surface area contributed by atoms with Crippen LogP contribution >= 0.6 is 0 Å². The standard InChI is InChI=1S/C13H16N6/c1-9-11(8-16-10-3-4-10)13(18(2)17-9)19-6-5-15-12(19)7-14/h5-6,10,16H,3-4,8H2,1-2H3. The average molecular weight is 256 g/mol. The van der Waals surface area contributed by atoms with Crippen LogP contribution in [0.1, 0.15) is 29.9 Å². The Balaban J connectivity index is 2.01. The first-order chi connectivity index (χ1) is 9.20. The molecule has 0 atom stereocenters. The van der Waals surface area contributed by atoms with Gasteiger partial charge in [-0.25, -0.2) is 4.98 Å². The van der Waals surface area contributed by atoms with Crippen LogP contribution in [0, 0.1) is 18.3 Å². The summed E-state index contributed by atoms with van der Waals surface area (Å²) in [6.45, 7) is 2.78. The fourth-order valence-electron chi connectivity index (χ4n) is 2.29. The van der Waals surface area contributed by atoms with Gasteiger partial charge in [0.05, 0.1) is 5.69 Å². The zero-order valence-electron chi connectivity index (χ0n) is 11.1. The molecule has 1 aliphatic rings. The quantitative estimate of drug-likeness (QED) is 0.887. The molecule has 0 amide bonds. The van der Waals surface area contributed by atoms with Crippen molar-refractivity contribution in [2.24, 2.45) is 7.05 Å². The fraction of sp³-hybridized carbons (Fsp3) is 0.462. The Morgan fingerprint density at radius 1 is 1.53 bits per heavy atom. The van der Waals surface area contributed by atoms with Gasteiger partial charge in [0.1, 0.15) is 11.9 Å². The Bertz CT molecular complexity index is 641. The molecule has 6 heteroatoms. The van der Waals surface area contributed by atoms with Crippen LogP contribution in [0.2, 0.25) is 0 Å². The molecule has 0 aromatic carbocycles. The van der Waals surface area contributed by atoms with E-state index in [1.807, 2.05) is 18.7 Å². The van der Waals surface area contributed by atoms with E-state index in [1.54, 1.807) is 17.0 Å². The molecule has 0 unspecified atom stereocenters. The van der Waals surface area contributed by atoms with Crippen molar-refractivity contribution in [1.29, 1.82) is 5.26 Å². The molecule has 2 aromatic heterocycles. The van der Waals surface area contributed by atoms with Crippen LogP contribution in [-0.4, -0.2) is 25.4 Å². The van der Waals surface area contributed by atoms with Crippen LogP contribution in [0.4, 0.5) is 0 Å². The highest BCUT2D eigenvalue weighted by Crippen LogP contribution is 2.23. The molecule has 0 bridgehead atoms. The maximum atomic E-state index is 9.11. The number of nitrogens with zero attached hydrogens (tertiary/aromatic N) is 5. The smallest absolute Gasteiger partial charge is 0.218 e. The first-order valence-corrected chi connectivity index (χ1v) is 6.40. The van der Waals surface area contributed by atoms with E-state index in [1.165, 1.54) is 12.8 Å². The van der Waals surface area contributed by atoms with Crippen molar-refractivity contribution in [3.05, 3.63) is 29.5 Å². The summed E-state index contributed by atoms with van der Waals surface area (Å²) in [4.78, 5) is 4.05. The zero-order chi connectivity index (χ0) is 13.4. The van der Waals surface area contributed by atoms with Gasteiger partial charge in [0.15, 0.2) is 0 Å². The SMILES string of the molecule is Cc1nn(C)c(-n2ccnc2C#N)c1CNC1CC1. The maximum absolute atomic E-state index is 9.11. The van der Waals surface area contributed by atoms with Gasteiger partial charge in [-0.2, -0.15) is 10.4 Å². The number of nitrogens with one attached hydrogen (secondary N) is 1. The highest BCUT2D eigenvalue weighted by Gasteiger charge is 2.23. The number of rotatable bonds is 4. The molecule has 1 N–H and O–H groups in total. The summed E-state index contributed by atoms with van der Waals surface area (Å²) < 4.78 is 3.60. The Morgan fingerprint density at radius 3 is 3.00 bits per heavy atom. The van der Waals surface area contributed by atoms with Crippen LogP contribution in [0.5, 0.6) is 0 Å². The minimum absolute atomic E-state index is 0.385. The summed E-state index contributed by atoms with van der Waals surface area (Å²) in [5.41, 5.74) is 2.12. The third-order valence-corrected chi connectivity index (χ3v) is 3.43. The number of hydrogen-bond acceptors (Lipinski definition) is 4. The summed E-state index contributed by atoms with van der Waals surface area (Å²) >= 11 is 0. The molecule has 3 rings (SSSR count). The lowest BCUT2D eigenvalue weighted by Gasteiger charge is -2.09. The summed E-state index contributed by atoms with van der Waals surface area (Å²) in [5.74, 6) is 1.30. The second-order valence-electron chi connectivity index (χ2n) is 4.90. The van der Waals surface area contributed by atoms with Gasteiger partial charge in [-0.05, 0) is 19.8 Å². The number of aromatic nitrogens is 4. The molecule has 0 spiro atoms. The topological polar surface area (TPSA) is 71.5 Å². The third-order valence-electron chi connectivity index (χ3n) is 3.43. The highest BCUT2D eigenvalue weighted by molar-refractivity contribution is 5.40. The average Bonchev–Trinajstić information content (AvgIpc) is 3.02. The Morgan fingerprint density at radius 2 is 2.32 bits per heavy atom. The van der Waals surface area contributed by atoms with E-state index in [-0.39, 0.29) is 0 Å². The van der Waals surface area contributed by atoms with Crippen molar-refractivity contribution in [3.63, 3.8) is 0 Å². The van der Waals surface area contributed by atoms with E-state index in [0.717, 1.165) is 23.6 Å².